The number of amides is 3. The van der Waals surface area contributed by atoms with Crippen molar-refractivity contribution in [2.45, 2.75) is 55.8 Å². The number of imide groups is 1. The largest absolute Gasteiger partial charge is 0.462 e. The normalized spacial score (nSPS) is 18.6. The predicted octanol–water partition coefficient (Wildman–Crippen LogP) is 6.97. The number of carbonyl (C=O) groups is 4. The van der Waals surface area contributed by atoms with Gasteiger partial charge in [0.1, 0.15) is 11.8 Å². The number of ether oxygens (including phenoxy) is 1. The molecule has 1 fully saturated rings. The maximum Gasteiger partial charge on any atom is 0.338 e. The van der Waals surface area contributed by atoms with E-state index in [1.54, 1.807) is 19.1 Å². The van der Waals surface area contributed by atoms with E-state index in [4.69, 9.17) is 4.74 Å². The quantitative estimate of drug-likeness (QED) is 0.144. The van der Waals surface area contributed by atoms with Crippen molar-refractivity contribution in [1.29, 1.82) is 0 Å². The molecule has 4 aromatic carbocycles. The molecule has 11 heteroatoms. The van der Waals surface area contributed by atoms with Crippen molar-refractivity contribution in [3.63, 3.8) is 0 Å². The van der Waals surface area contributed by atoms with E-state index < -0.39 is 29.0 Å². The van der Waals surface area contributed by atoms with E-state index in [0.29, 0.717) is 26.8 Å². The van der Waals surface area contributed by atoms with E-state index >= 15 is 0 Å². The lowest BCUT2D eigenvalue weighted by Gasteiger charge is -2.31. The first-order chi connectivity index (χ1) is 23.9. The minimum atomic E-state index is -0.837. The first-order valence-corrected chi connectivity index (χ1v) is 18.1. The zero-order valence-electron chi connectivity index (χ0n) is 28.0. The number of rotatable bonds is 7. The molecule has 254 valence electrons. The summed E-state index contributed by atoms with van der Waals surface area (Å²) in [6.07, 6.45) is 0. The third-order valence-electron chi connectivity index (χ3n) is 9.16. The van der Waals surface area contributed by atoms with Crippen LogP contribution in [0.5, 0.6) is 0 Å². The number of anilines is 2. The number of fused-ring (bicyclic) bond motifs is 3. The molecule has 2 aliphatic heterocycles. The molecule has 0 aliphatic carbocycles. The third-order valence-corrected chi connectivity index (χ3v) is 11.8. The standard InChI is InChI=1S/C39H35N3O6S2/c1-5-48-37(46)24-13-18-28(19-14-24)42-34(44)31-30(23-10-15-26(16-11-23)39(2,3)4)33-36(49-32(31)35(42)45)41(38(47)50-33)21-29(43)40-27-17-12-22-8-6-7-9-25(22)20-27/h6-20,30-32H,5,21H2,1-4H3,(H,40,43)/t30-,31-,32+/m0/s1. The Kier molecular flexibility index (Phi) is 8.73. The lowest BCUT2D eigenvalue weighted by molar-refractivity contribution is -0.122. The number of carbonyl (C=O) groups excluding carboxylic acids is 4. The van der Waals surface area contributed by atoms with Gasteiger partial charge in [-0.25, -0.2) is 9.69 Å². The predicted molar refractivity (Wildman–Crippen MR) is 196 cm³/mol. The first kappa shape index (κ1) is 33.5. The summed E-state index contributed by atoms with van der Waals surface area (Å²) in [5, 5.41) is 4.61. The lowest BCUT2D eigenvalue weighted by Crippen LogP contribution is -2.33. The molecule has 0 radical (unpaired) electrons. The highest BCUT2D eigenvalue weighted by Gasteiger charge is 2.56. The van der Waals surface area contributed by atoms with Crippen LogP contribution in [0, 0.1) is 5.92 Å². The van der Waals surface area contributed by atoms with E-state index in [2.05, 4.69) is 26.1 Å². The van der Waals surface area contributed by atoms with Gasteiger partial charge in [-0.3, -0.25) is 23.7 Å². The number of esters is 1. The first-order valence-electron chi connectivity index (χ1n) is 16.4. The molecule has 3 amide bonds. The number of aromatic nitrogens is 1. The van der Waals surface area contributed by atoms with Gasteiger partial charge in [-0.2, -0.15) is 0 Å². The van der Waals surface area contributed by atoms with Crippen LogP contribution in [0.3, 0.4) is 0 Å². The van der Waals surface area contributed by atoms with Crippen molar-refractivity contribution in [2.75, 3.05) is 16.8 Å². The molecule has 0 unspecified atom stereocenters. The second-order valence-electron chi connectivity index (χ2n) is 13.4. The average molecular weight is 706 g/mol. The Labute approximate surface area is 297 Å². The van der Waals surface area contributed by atoms with E-state index in [0.717, 1.165) is 45.0 Å². The average Bonchev–Trinajstić information content (AvgIpc) is 3.54. The van der Waals surface area contributed by atoms with Gasteiger partial charge in [0.15, 0.2) is 0 Å². The number of nitrogens with one attached hydrogen (secondary N) is 1. The highest BCUT2D eigenvalue weighted by Crippen LogP contribution is 2.54. The number of hydrogen-bond donors (Lipinski definition) is 1. The van der Waals surface area contributed by atoms with E-state index in [-0.39, 0.29) is 35.3 Å². The Balaban J connectivity index is 1.25. The van der Waals surface area contributed by atoms with E-state index in [1.807, 2.05) is 66.7 Å². The highest BCUT2D eigenvalue weighted by molar-refractivity contribution is 8.00. The maximum absolute atomic E-state index is 14.3. The molecule has 0 spiro atoms. The van der Waals surface area contributed by atoms with Crippen LogP contribution < -0.4 is 15.1 Å². The topological polar surface area (TPSA) is 115 Å². The molecular weight excluding hydrogens is 671 g/mol. The molecular formula is C39H35N3O6S2. The molecule has 3 atom stereocenters. The summed E-state index contributed by atoms with van der Waals surface area (Å²) in [5.41, 5.74) is 3.08. The fraction of sp³-hybridized carbons (Fsp3) is 0.256. The van der Waals surface area contributed by atoms with Crippen LogP contribution in [0.2, 0.25) is 0 Å². The Hall–Kier alpha value is -5.00. The highest BCUT2D eigenvalue weighted by atomic mass is 32.2. The molecule has 1 aromatic heterocycles. The van der Waals surface area contributed by atoms with Crippen LogP contribution in [0.1, 0.15) is 60.0 Å². The summed E-state index contributed by atoms with van der Waals surface area (Å²) in [6, 6.07) is 27.7. The van der Waals surface area contributed by atoms with Crippen LogP contribution in [-0.4, -0.2) is 40.1 Å². The number of nitrogens with zero attached hydrogens (tertiary/aromatic N) is 2. The van der Waals surface area contributed by atoms with Crippen LogP contribution in [0.25, 0.3) is 10.8 Å². The van der Waals surface area contributed by atoms with Crippen LogP contribution in [0.15, 0.2) is 101 Å². The fourth-order valence-corrected chi connectivity index (χ4v) is 9.40. The van der Waals surface area contributed by atoms with Crippen molar-refractivity contribution in [1.82, 2.24) is 4.57 Å². The zero-order valence-corrected chi connectivity index (χ0v) is 29.6. The van der Waals surface area contributed by atoms with Crippen LogP contribution >= 0.6 is 23.1 Å². The molecule has 1 saturated heterocycles. The third kappa shape index (κ3) is 6.05. The molecule has 0 saturated carbocycles. The van der Waals surface area contributed by atoms with Crippen molar-refractivity contribution >= 4 is 68.9 Å². The van der Waals surface area contributed by atoms with Crippen LogP contribution in [0.4, 0.5) is 11.4 Å². The maximum atomic E-state index is 14.3. The molecule has 9 nitrogen and oxygen atoms in total. The smallest absolute Gasteiger partial charge is 0.338 e. The van der Waals surface area contributed by atoms with E-state index in [9.17, 15) is 24.0 Å². The Morgan fingerprint density at radius 2 is 1.56 bits per heavy atom. The van der Waals surface area contributed by atoms with Gasteiger partial charge in [0.25, 0.3) is 0 Å². The van der Waals surface area contributed by atoms with E-state index in [1.165, 1.54) is 21.6 Å². The summed E-state index contributed by atoms with van der Waals surface area (Å²) in [7, 11) is 0. The Bertz CT molecular complexity index is 2220. The molecule has 5 aromatic rings. The van der Waals surface area contributed by atoms with Gasteiger partial charge in [-0.05, 0) is 70.6 Å². The number of thioether (sulfide) groups is 1. The van der Waals surface area contributed by atoms with Gasteiger partial charge < -0.3 is 10.1 Å². The van der Waals surface area contributed by atoms with Crippen molar-refractivity contribution in [3.8, 4) is 0 Å². The van der Waals surface area contributed by atoms with Crippen molar-refractivity contribution in [2.24, 2.45) is 5.92 Å². The second-order valence-corrected chi connectivity index (χ2v) is 15.6. The molecule has 7 rings (SSSR count). The minimum Gasteiger partial charge on any atom is -0.462 e. The van der Waals surface area contributed by atoms with Crippen molar-refractivity contribution in [3.05, 3.63) is 122 Å². The number of benzene rings is 4. The Morgan fingerprint density at radius 1 is 0.860 bits per heavy atom. The monoisotopic (exact) mass is 705 g/mol. The van der Waals surface area contributed by atoms with Gasteiger partial charge >= 0.3 is 10.8 Å². The second kappa shape index (κ2) is 13.0. The summed E-state index contributed by atoms with van der Waals surface area (Å²) >= 11 is 2.17. The molecule has 3 heterocycles. The summed E-state index contributed by atoms with van der Waals surface area (Å²) < 4.78 is 6.50. The number of thiazole rings is 1. The van der Waals surface area contributed by atoms with Gasteiger partial charge in [0.2, 0.25) is 17.7 Å². The summed E-state index contributed by atoms with van der Waals surface area (Å²) in [4.78, 5) is 69.2. The summed E-state index contributed by atoms with van der Waals surface area (Å²) in [6.45, 7) is 8.04. The lowest BCUT2D eigenvalue weighted by atomic mass is 9.81. The Morgan fingerprint density at radius 3 is 2.24 bits per heavy atom. The van der Waals surface area contributed by atoms with Crippen LogP contribution in [-0.2, 0) is 31.1 Å². The fourth-order valence-electron chi connectivity index (χ4n) is 6.63. The van der Waals surface area contributed by atoms with Gasteiger partial charge in [-0.1, -0.05) is 98.5 Å². The van der Waals surface area contributed by atoms with Crippen molar-refractivity contribution < 1.29 is 23.9 Å². The zero-order chi connectivity index (χ0) is 35.3. The number of hydrogen-bond acceptors (Lipinski definition) is 8. The van der Waals surface area contributed by atoms with Gasteiger partial charge in [-0.15, -0.1) is 0 Å². The molecule has 0 bridgehead atoms. The van der Waals surface area contributed by atoms with Gasteiger partial charge in [0.05, 0.1) is 28.8 Å². The molecule has 2 aliphatic rings. The SMILES string of the molecule is CCOC(=O)c1ccc(N2C(=O)[C@H]3[C@H](c4ccc(C(C)(C)C)cc4)c4sc(=O)n(CC(=O)Nc5ccc6ccccc6c5)c4S[C@H]3C2=O)cc1. The molecule has 50 heavy (non-hydrogen) atoms. The minimum absolute atomic E-state index is 0.104. The molecule has 1 N–H and O–H groups in total. The summed E-state index contributed by atoms with van der Waals surface area (Å²) in [5.74, 6) is -3.05. The van der Waals surface area contributed by atoms with Gasteiger partial charge in [0, 0.05) is 16.5 Å².